The highest BCUT2D eigenvalue weighted by molar-refractivity contribution is 7.11. The van der Waals surface area contributed by atoms with Crippen molar-refractivity contribution >= 4 is 34.2 Å². The summed E-state index contributed by atoms with van der Waals surface area (Å²) in [6.07, 6.45) is 1.68. The van der Waals surface area contributed by atoms with Crippen molar-refractivity contribution in [3.63, 3.8) is 0 Å². The van der Waals surface area contributed by atoms with Crippen LogP contribution in [-0.2, 0) is 0 Å². The number of benzene rings is 2. The number of hydrogen-bond donors (Lipinski definition) is 1. The molecule has 3 nitrogen and oxygen atoms in total. The summed E-state index contributed by atoms with van der Waals surface area (Å²) >= 11 is 7.49. The highest BCUT2D eigenvalue weighted by Gasteiger charge is 2.09. The summed E-state index contributed by atoms with van der Waals surface area (Å²) in [5, 5.41) is 15.9. The molecule has 0 saturated heterocycles. The van der Waals surface area contributed by atoms with Gasteiger partial charge in [0.15, 0.2) is 0 Å². The fourth-order valence-electron chi connectivity index (χ4n) is 2.30. The third-order valence-electron chi connectivity index (χ3n) is 3.77. The average Bonchev–Trinajstić information content (AvgIpc) is 3.09. The summed E-state index contributed by atoms with van der Waals surface area (Å²) in [5.41, 5.74) is 5.54. The molecule has 0 atom stereocenters. The van der Waals surface area contributed by atoms with Crippen LogP contribution < -0.4 is 5.32 Å². The van der Waals surface area contributed by atoms with E-state index in [0.29, 0.717) is 15.6 Å². The molecule has 2 aromatic carbocycles. The maximum atomic E-state index is 9.48. The molecule has 0 unspecified atom stereocenters. The zero-order chi connectivity index (χ0) is 17.8. The molecule has 0 aliphatic heterocycles. The molecule has 0 saturated carbocycles. The fourth-order valence-corrected chi connectivity index (χ4v) is 3.26. The van der Waals surface area contributed by atoms with E-state index in [1.807, 2.05) is 42.6 Å². The second-order valence-electron chi connectivity index (χ2n) is 5.68. The van der Waals surface area contributed by atoms with Crippen LogP contribution in [-0.4, -0.2) is 4.98 Å². The normalized spacial score (nSPS) is 11.2. The highest BCUT2D eigenvalue weighted by atomic mass is 35.5. The Kier molecular flexibility index (Phi) is 5.18. The van der Waals surface area contributed by atoms with Crippen LogP contribution in [0.5, 0.6) is 0 Å². The monoisotopic (exact) mass is 365 g/mol. The van der Waals surface area contributed by atoms with Crippen LogP contribution in [0.4, 0.5) is 5.69 Å². The maximum absolute atomic E-state index is 9.48. The molecule has 0 amide bonds. The van der Waals surface area contributed by atoms with Gasteiger partial charge in [-0.25, -0.2) is 4.98 Å². The molecule has 1 heterocycles. The first kappa shape index (κ1) is 17.2. The summed E-state index contributed by atoms with van der Waals surface area (Å²) in [5.74, 6) is 0. The number of allylic oxidation sites excluding steroid dienone is 1. The Hall–Kier alpha value is -2.61. The Morgan fingerprint density at radius 3 is 2.68 bits per heavy atom. The number of aromatic nitrogens is 1. The van der Waals surface area contributed by atoms with Gasteiger partial charge >= 0.3 is 0 Å². The zero-order valence-corrected chi connectivity index (χ0v) is 15.4. The largest absolute Gasteiger partial charge is 0.360 e. The van der Waals surface area contributed by atoms with E-state index in [9.17, 15) is 5.26 Å². The molecular formula is C20H16ClN3S. The molecule has 0 radical (unpaired) electrons. The number of anilines is 1. The lowest BCUT2D eigenvalue weighted by Crippen LogP contribution is -1.93. The minimum Gasteiger partial charge on any atom is -0.360 e. The molecule has 0 fully saturated rings. The van der Waals surface area contributed by atoms with Gasteiger partial charge in [0.25, 0.3) is 0 Å². The number of halogens is 1. The summed E-state index contributed by atoms with van der Waals surface area (Å²) in [6, 6.07) is 16.0. The number of thiazole rings is 1. The van der Waals surface area contributed by atoms with Gasteiger partial charge in [0.1, 0.15) is 16.6 Å². The first-order valence-electron chi connectivity index (χ1n) is 7.73. The molecule has 0 bridgehead atoms. The van der Waals surface area contributed by atoms with Gasteiger partial charge in [-0.2, -0.15) is 5.26 Å². The van der Waals surface area contributed by atoms with Crippen LogP contribution in [0.3, 0.4) is 0 Å². The second kappa shape index (κ2) is 7.52. The lowest BCUT2D eigenvalue weighted by atomic mass is 10.1. The molecule has 1 aromatic heterocycles. The van der Waals surface area contributed by atoms with Crippen molar-refractivity contribution in [3.8, 4) is 17.3 Å². The topological polar surface area (TPSA) is 48.7 Å². The SMILES string of the molecule is Cc1ccc(-c2csc(C(C#N)=CNc3cc(Cl)ccc3C)n2)cc1. The predicted octanol–water partition coefficient (Wildman–Crippen LogP) is 6.06. The number of hydrogen-bond acceptors (Lipinski definition) is 4. The molecule has 3 rings (SSSR count). The molecule has 25 heavy (non-hydrogen) atoms. The number of aryl methyl sites for hydroxylation is 2. The van der Waals surface area contributed by atoms with Gasteiger partial charge in [-0.05, 0) is 31.5 Å². The van der Waals surface area contributed by atoms with Crippen LogP contribution in [0.2, 0.25) is 5.02 Å². The maximum Gasteiger partial charge on any atom is 0.136 e. The average molecular weight is 366 g/mol. The van der Waals surface area contributed by atoms with E-state index in [4.69, 9.17) is 11.6 Å². The van der Waals surface area contributed by atoms with Crippen molar-refractivity contribution in [1.29, 1.82) is 5.26 Å². The van der Waals surface area contributed by atoms with Gasteiger partial charge in [0, 0.05) is 27.9 Å². The first-order valence-corrected chi connectivity index (χ1v) is 8.98. The summed E-state index contributed by atoms with van der Waals surface area (Å²) in [4.78, 5) is 4.60. The van der Waals surface area contributed by atoms with Crippen molar-refractivity contribution in [3.05, 3.63) is 75.2 Å². The molecule has 124 valence electrons. The molecule has 3 aromatic rings. The summed E-state index contributed by atoms with van der Waals surface area (Å²) < 4.78 is 0. The first-order chi connectivity index (χ1) is 12.1. The summed E-state index contributed by atoms with van der Waals surface area (Å²) in [7, 11) is 0. The Balaban J connectivity index is 1.85. The van der Waals surface area contributed by atoms with Crippen LogP contribution >= 0.6 is 22.9 Å². The van der Waals surface area contributed by atoms with Crippen molar-refractivity contribution in [2.24, 2.45) is 0 Å². The minimum atomic E-state index is 0.489. The molecule has 0 spiro atoms. The lowest BCUT2D eigenvalue weighted by molar-refractivity contribution is 1.35. The third kappa shape index (κ3) is 4.08. The zero-order valence-electron chi connectivity index (χ0n) is 13.9. The molecular weight excluding hydrogens is 350 g/mol. The van der Waals surface area contributed by atoms with E-state index in [2.05, 4.69) is 35.4 Å². The molecule has 5 heteroatoms. The van der Waals surface area contributed by atoms with Gasteiger partial charge in [-0.15, -0.1) is 11.3 Å². The van der Waals surface area contributed by atoms with Crippen molar-refractivity contribution in [1.82, 2.24) is 4.98 Å². The van der Waals surface area contributed by atoms with Gasteiger partial charge in [0.2, 0.25) is 0 Å². The van der Waals surface area contributed by atoms with E-state index in [1.165, 1.54) is 16.9 Å². The number of nitrogens with zero attached hydrogens (tertiary/aromatic N) is 2. The van der Waals surface area contributed by atoms with Gasteiger partial charge in [-0.3, -0.25) is 0 Å². The predicted molar refractivity (Wildman–Crippen MR) is 106 cm³/mol. The number of nitriles is 1. The van der Waals surface area contributed by atoms with Crippen molar-refractivity contribution in [2.45, 2.75) is 13.8 Å². The van der Waals surface area contributed by atoms with Crippen LogP contribution in [0.1, 0.15) is 16.1 Å². The van der Waals surface area contributed by atoms with Gasteiger partial charge in [-0.1, -0.05) is 47.5 Å². The van der Waals surface area contributed by atoms with E-state index in [-0.39, 0.29) is 0 Å². The van der Waals surface area contributed by atoms with E-state index in [0.717, 1.165) is 22.5 Å². The molecule has 1 N–H and O–H groups in total. The Morgan fingerprint density at radius 1 is 1.20 bits per heavy atom. The number of rotatable bonds is 4. The number of nitrogens with one attached hydrogen (secondary N) is 1. The third-order valence-corrected chi connectivity index (χ3v) is 4.88. The Labute approximate surface area is 156 Å². The van der Waals surface area contributed by atoms with Gasteiger partial charge in [0.05, 0.1) is 5.69 Å². The second-order valence-corrected chi connectivity index (χ2v) is 6.97. The molecule has 0 aliphatic rings. The van der Waals surface area contributed by atoms with E-state index < -0.39 is 0 Å². The standard InChI is InChI=1S/C20H16ClN3S/c1-13-3-6-15(7-4-13)19-12-25-20(24-19)16(10-22)11-23-18-9-17(21)8-5-14(18)2/h3-9,11-12,23H,1-2H3. The van der Waals surface area contributed by atoms with Crippen LogP contribution in [0.25, 0.3) is 16.8 Å². The van der Waals surface area contributed by atoms with E-state index in [1.54, 1.807) is 6.20 Å². The van der Waals surface area contributed by atoms with E-state index >= 15 is 0 Å². The fraction of sp³-hybridized carbons (Fsp3) is 0.100. The van der Waals surface area contributed by atoms with Gasteiger partial charge < -0.3 is 5.32 Å². The van der Waals surface area contributed by atoms with Crippen molar-refractivity contribution in [2.75, 3.05) is 5.32 Å². The minimum absolute atomic E-state index is 0.489. The van der Waals surface area contributed by atoms with Crippen LogP contribution in [0, 0.1) is 25.2 Å². The summed E-state index contributed by atoms with van der Waals surface area (Å²) in [6.45, 7) is 4.04. The highest BCUT2D eigenvalue weighted by Crippen LogP contribution is 2.27. The van der Waals surface area contributed by atoms with Crippen molar-refractivity contribution < 1.29 is 0 Å². The lowest BCUT2D eigenvalue weighted by Gasteiger charge is -2.06. The Bertz CT molecular complexity index is 965. The smallest absolute Gasteiger partial charge is 0.136 e. The Morgan fingerprint density at radius 2 is 1.96 bits per heavy atom. The van der Waals surface area contributed by atoms with Crippen LogP contribution in [0.15, 0.2) is 54.0 Å². The molecule has 0 aliphatic carbocycles. The quantitative estimate of drug-likeness (QED) is 0.572.